The highest BCUT2D eigenvalue weighted by Crippen LogP contribution is 2.16. The molecule has 0 aromatic heterocycles. The Hall–Kier alpha value is -0.610. The van der Waals surface area contributed by atoms with Crippen molar-refractivity contribution in [1.82, 2.24) is 10.6 Å². The quantitative estimate of drug-likeness (QED) is 0.531. The third-order valence-electron chi connectivity index (χ3n) is 2.41. The lowest BCUT2D eigenvalue weighted by atomic mass is 9.90. The fourth-order valence-electron chi connectivity index (χ4n) is 1.68. The summed E-state index contributed by atoms with van der Waals surface area (Å²) in [6.45, 7) is 7.47. The van der Waals surface area contributed by atoms with E-state index in [1.807, 2.05) is 20.9 Å². The van der Waals surface area contributed by atoms with Crippen molar-refractivity contribution in [1.29, 1.82) is 0 Å². The third-order valence-corrected chi connectivity index (χ3v) is 2.41. The van der Waals surface area contributed by atoms with Crippen LogP contribution in [0.15, 0.2) is 0 Å². The van der Waals surface area contributed by atoms with E-state index in [1.54, 1.807) is 6.92 Å². The molecule has 0 amide bonds. The molecule has 0 bridgehead atoms. The van der Waals surface area contributed by atoms with Gasteiger partial charge < -0.3 is 15.7 Å². The highest BCUT2D eigenvalue weighted by molar-refractivity contribution is 5.78. The molecule has 0 aliphatic rings. The van der Waals surface area contributed by atoms with Crippen molar-refractivity contribution in [3.05, 3.63) is 0 Å². The van der Waals surface area contributed by atoms with E-state index in [2.05, 4.69) is 10.6 Å². The van der Waals surface area contributed by atoms with Crippen LogP contribution in [-0.2, 0) is 4.79 Å². The van der Waals surface area contributed by atoms with Gasteiger partial charge in [-0.05, 0) is 45.8 Å². The second-order valence-corrected chi connectivity index (χ2v) is 4.62. The number of hydrogen-bond acceptors (Lipinski definition) is 3. The SMILES string of the molecule is CNCCCNC(C)(CC(C)C)C(=O)O. The van der Waals surface area contributed by atoms with Gasteiger partial charge >= 0.3 is 5.97 Å². The molecule has 15 heavy (non-hydrogen) atoms. The molecule has 0 rings (SSSR count). The first-order valence-electron chi connectivity index (χ1n) is 5.55. The summed E-state index contributed by atoms with van der Waals surface area (Å²) < 4.78 is 0. The zero-order valence-electron chi connectivity index (χ0n) is 10.3. The summed E-state index contributed by atoms with van der Waals surface area (Å²) in [5.41, 5.74) is -0.790. The number of carboxylic acid groups (broad SMARTS) is 1. The second kappa shape index (κ2) is 6.80. The van der Waals surface area contributed by atoms with E-state index < -0.39 is 11.5 Å². The Balaban J connectivity index is 4.08. The highest BCUT2D eigenvalue weighted by atomic mass is 16.4. The zero-order chi connectivity index (χ0) is 11.9. The van der Waals surface area contributed by atoms with Gasteiger partial charge in [-0.3, -0.25) is 4.79 Å². The van der Waals surface area contributed by atoms with Crippen LogP contribution in [0.2, 0.25) is 0 Å². The van der Waals surface area contributed by atoms with E-state index in [4.69, 9.17) is 5.11 Å². The summed E-state index contributed by atoms with van der Waals surface area (Å²) in [6.07, 6.45) is 1.60. The van der Waals surface area contributed by atoms with Gasteiger partial charge in [-0.2, -0.15) is 0 Å². The van der Waals surface area contributed by atoms with E-state index in [9.17, 15) is 4.79 Å². The molecule has 90 valence electrons. The first-order chi connectivity index (χ1) is 6.92. The van der Waals surface area contributed by atoms with Crippen LogP contribution in [0.4, 0.5) is 0 Å². The first-order valence-corrected chi connectivity index (χ1v) is 5.55. The molecule has 0 radical (unpaired) electrons. The lowest BCUT2D eigenvalue weighted by Crippen LogP contribution is -2.51. The Morgan fingerprint density at radius 1 is 1.40 bits per heavy atom. The van der Waals surface area contributed by atoms with Gasteiger partial charge in [0.25, 0.3) is 0 Å². The molecule has 1 atom stereocenters. The molecular weight excluding hydrogens is 192 g/mol. The number of hydrogen-bond donors (Lipinski definition) is 3. The van der Waals surface area contributed by atoms with Gasteiger partial charge in [-0.1, -0.05) is 13.8 Å². The molecule has 0 aromatic rings. The normalized spacial score (nSPS) is 15.3. The van der Waals surface area contributed by atoms with E-state index in [0.29, 0.717) is 12.3 Å². The molecule has 0 fully saturated rings. The van der Waals surface area contributed by atoms with Crippen molar-refractivity contribution < 1.29 is 9.90 Å². The van der Waals surface area contributed by atoms with Crippen molar-refractivity contribution >= 4 is 5.97 Å². The Morgan fingerprint density at radius 2 is 2.00 bits per heavy atom. The monoisotopic (exact) mass is 216 g/mol. The van der Waals surface area contributed by atoms with Crippen LogP contribution in [0.25, 0.3) is 0 Å². The molecule has 0 aliphatic carbocycles. The van der Waals surface area contributed by atoms with Gasteiger partial charge in [0.1, 0.15) is 5.54 Å². The van der Waals surface area contributed by atoms with E-state index >= 15 is 0 Å². The van der Waals surface area contributed by atoms with Crippen LogP contribution in [-0.4, -0.2) is 36.8 Å². The van der Waals surface area contributed by atoms with Crippen molar-refractivity contribution in [3.63, 3.8) is 0 Å². The average Bonchev–Trinajstić information content (AvgIpc) is 2.11. The fraction of sp³-hybridized carbons (Fsp3) is 0.909. The van der Waals surface area contributed by atoms with Crippen LogP contribution in [0.1, 0.15) is 33.6 Å². The lowest BCUT2D eigenvalue weighted by Gasteiger charge is -2.28. The summed E-state index contributed by atoms with van der Waals surface area (Å²) in [5, 5.41) is 15.3. The molecule has 3 N–H and O–H groups in total. The summed E-state index contributed by atoms with van der Waals surface area (Å²) in [6, 6.07) is 0. The largest absolute Gasteiger partial charge is 0.480 e. The zero-order valence-corrected chi connectivity index (χ0v) is 10.3. The maximum Gasteiger partial charge on any atom is 0.323 e. The van der Waals surface area contributed by atoms with E-state index in [-0.39, 0.29) is 0 Å². The van der Waals surface area contributed by atoms with Crippen LogP contribution in [0, 0.1) is 5.92 Å². The number of carbonyl (C=O) groups is 1. The fourth-order valence-corrected chi connectivity index (χ4v) is 1.68. The standard InChI is InChI=1S/C11H24N2O2/c1-9(2)8-11(3,10(14)15)13-7-5-6-12-4/h9,12-13H,5-8H2,1-4H3,(H,14,15). The Kier molecular flexibility index (Phi) is 6.52. The van der Waals surface area contributed by atoms with Gasteiger partial charge in [-0.25, -0.2) is 0 Å². The lowest BCUT2D eigenvalue weighted by molar-refractivity contribution is -0.144. The number of rotatable bonds is 8. The molecule has 0 aromatic carbocycles. The first kappa shape index (κ1) is 14.4. The average molecular weight is 216 g/mol. The molecule has 4 heteroatoms. The molecule has 1 unspecified atom stereocenters. The minimum atomic E-state index is -0.790. The Bertz CT molecular complexity index is 195. The van der Waals surface area contributed by atoms with Crippen LogP contribution in [0.3, 0.4) is 0 Å². The minimum absolute atomic E-state index is 0.378. The van der Waals surface area contributed by atoms with E-state index in [0.717, 1.165) is 19.5 Å². The van der Waals surface area contributed by atoms with Gasteiger partial charge in [-0.15, -0.1) is 0 Å². The van der Waals surface area contributed by atoms with Gasteiger partial charge in [0.05, 0.1) is 0 Å². The van der Waals surface area contributed by atoms with Gasteiger partial charge in [0.2, 0.25) is 0 Å². The van der Waals surface area contributed by atoms with Crippen molar-refractivity contribution in [2.24, 2.45) is 5.92 Å². The number of nitrogens with one attached hydrogen (secondary N) is 2. The summed E-state index contributed by atoms with van der Waals surface area (Å²) in [4.78, 5) is 11.1. The van der Waals surface area contributed by atoms with Crippen molar-refractivity contribution in [2.45, 2.75) is 39.2 Å². The molecule has 0 heterocycles. The van der Waals surface area contributed by atoms with E-state index in [1.165, 1.54) is 0 Å². The van der Waals surface area contributed by atoms with Gasteiger partial charge in [0, 0.05) is 0 Å². The van der Waals surface area contributed by atoms with Crippen molar-refractivity contribution in [3.8, 4) is 0 Å². The molecule has 0 spiro atoms. The molecule has 0 saturated heterocycles. The number of carboxylic acids is 1. The smallest absolute Gasteiger partial charge is 0.323 e. The topological polar surface area (TPSA) is 61.4 Å². The van der Waals surface area contributed by atoms with Gasteiger partial charge in [0.15, 0.2) is 0 Å². The molecule has 0 saturated carbocycles. The predicted octanol–water partition coefficient (Wildman–Crippen LogP) is 1.07. The van der Waals surface area contributed by atoms with Crippen LogP contribution < -0.4 is 10.6 Å². The van der Waals surface area contributed by atoms with Crippen LogP contribution >= 0.6 is 0 Å². The molecular formula is C11H24N2O2. The summed E-state index contributed by atoms with van der Waals surface area (Å²) in [7, 11) is 1.89. The Morgan fingerprint density at radius 3 is 2.40 bits per heavy atom. The van der Waals surface area contributed by atoms with Crippen LogP contribution in [0.5, 0.6) is 0 Å². The number of aliphatic carboxylic acids is 1. The molecule has 4 nitrogen and oxygen atoms in total. The summed E-state index contributed by atoms with van der Waals surface area (Å²) >= 11 is 0. The minimum Gasteiger partial charge on any atom is -0.480 e. The maximum absolute atomic E-state index is 11.1. The summed E-state index contributed by atoms with van der Waals surface area (Å²) in [5.74, 6) is -0.386. The van der Waals surface area contributed by atoms with Crippen molar-refractivity contribution in [2.75, 3.05) is 20.1 Å². The second-order valence-electron chi connectivity index (χ2n) is 4.62. The Labute approximate surface area is 92.4 Å². The highest BCUT2D eigenvalue weighted by Gasteiger charge is 2.32. The maximum atomic E-state index is 11.1. The predicted molar refractivity (Wildman–Crippen MR) is 62.0 cm³/mol. The third kappa shape index (κ3) is 5.74. The molecule has 0 aliphatic heterocycles.